The lowest BCUT2D eigenvalue weighted by atomic mass is 10.1. The standard InChI is InChI=1S/C25H31N5O2S.2C2HF3O2/c1-18(31)9-4-2-7-12-21(24-27-16-22(29-24)19-10-5-3-6-11-19)28-23(32)15-20-17-33-25-26-13-8-14-30(20)25;2*3-2(4,5)1(6)7/h3,5-6,10-11,16,21H,2,4,7-9,12-15,17H2,1H3,(H-,27,28,29,32);2*(H,6,7)/t21-;;/m0../s1. The van der Waals surface area contributed by atoms with E-state index in [2.05, 4.69) is 24.9 Å². The first-order valence-electron chi connectivity index (χ1n) is 14.3. The lowest BCUT2D eigenvalue weighted by molar-refractivity contribution is -0.406. The van der Waals surface area contributed by atoms with Crippen LogP contribution in [-0.2, 0) is 19.2 Å². The largest absolute Gasteiger partial charge is 0.542 e. The molecule has 0 saturated carbocycles. The molecule has 0 saturated heterocycles. The average molecular weight is 694 g/mol. The number of thioether (sulfide) groups is 1. The van der Waals surface area contributed by atoms with Crippen LogP contribution in [0.5, 0.6) is 0 Å². The minimum Gasteiger partial charge on any atom is -0.542 e. The number of aliphatic imine (C=N–C) groups is 1. The molecule has 11 nitrogen and oxygen atoms in total. The molecule has 0 spiro atoms. The number of unbranched alkanes of at least 4 members (excludes halogenated alkanes) is 2. The molecule has 2 aromatic rings. The van der Waals surface area contributed by atoms with Crippen molar-refractivity contribution in [2.45, 2.75) is 70.3 Å². The third-order valence-electron chi connectivity index (χ3n) is 6.47. The number of hydrogen-bond donors (Lipinski definition) is 3. The Bertz CT molecular complexity index is 1420. The normalized spacial score (nSPS) is 14.8. The molecule has 1 aromatic carbocycles. The number of H-pyrrole nitrogens is 1. The summed E-state index contributed by atoms with van der Waals surface area (Å²) in [4.78, 5) is 54.5. The fraction of sp³-hybridized carbons (Fsp3) is 0.483. The molecule has 1 aromatic heterocycles. The van der Waals surface area contributed by atoms with Crippen molar-refractivity contribution in [3.8, 4) is 11.3 Å². The number of alkyl halides is 6. The summed E-state index contributed by atoms with van der Waals surface area (Å²) in [5, 5.41) is 20.2. The Morgan fingerprint density at radius 3 is 2.28 bits per heavy atom. The van der Waals surface area contributed by atoms with Crippen LogP contribution in [-0.4, -0.2) is 85.4 Å². The monoisotopic (exact) mass is 693 g/mol. The molecule has 1 amide bonds. The number of amides is 1. The maximum atomic E-state index is 13.0. The highest BCUT2D eigenvalue weighted by atomic mass is 32.2. The molecule has 18 heteroatoms. The van der Waals surface area contributed by atoms with Gasteiger partial charge in [-0.3, -0.25) is 4.79 Å². The number of aliphatic carboxylic acids is 2. The molecular weight excluding hydrogens is 660 g/mol. The number of carbonyl (C=O) groups excluding carboxylic acids is 3. The summed E-state index contributed by atoms with van der Waals surface area (Å²) in [7, 11) is 0. The van der Waals surface area contributed by atoms with Crippen LogP contribution < -0.4 is 10.4 Å². The van der Waals surface area contributed by atoms with Gasteiger partial charge in [-0.1, -0.05) is 48.2 Å². The van der Waals surface area contributed by atoms with Gasteiger partial charge in [0.25, 0.3) is 0 Å². The summed E-state index contributed by atoms with van der Waals surface area (Å²) in [5.41, 5.74) is 3.15. The fourth-order valence-electron chi connectivity index (χ4n) is 4.26. The van der Waals surface area contributed by atoms with Gasteiger partial charge in [0, 0.05) is 12.8 Å². The van der Waals surface area contributed by atoms with Crippen LogP contribution in [0.1, 0.15) is 63.7 Å². The summed E-state index contributed by atoms with van der Waals surface area (Å²) in [6.07, 6.45) is -2.85. The number of nitrogens with zero attached hydrogens (tertiary/aromatic N) is 3. The second-order valence-corrected chi connectivity index (χ2v) is 11.2. The highest BCUT2D eigenvalue weighted by Crippen LogP contribution is 2.24. The Morgan fingerprint density at radius 1 is 1.06 bits per heavy atom. The van der Waals surface area contributed by atoms with Gasteiger partial charge in [0.1, 0.15) is 29.8 Å². The van der Waals surface area contributed by atoms with Crippen molar-refractivity contribution in [2.24, 2.45) is 4.99 Å². The van der Waals surface area contributed by atoms with Crippen molar-refractivity contribution in [2.75, 3.05) is 18.8 Å². The number of nitrogens with one attached hydrogen (secondary N) is 2. The van der Waals surface area contributed by atoms with Crippen LogP contribution in [0.25, 0.3) is 11.3 Å². The first-order valence-corrected chi connectivity index (χ1v) is 15.2. The number of carbonyl (C=O) groups is 4. The van der Waals surface area contributed by atoms with Gasteiger partial charge in [-0.15, -0.1) is 0 Å². The molecule has 47 heavy (non-hydrogen) atoms. The number of hydrogen-bond acceptors (Lipinski definition) is 8. The number of carboxylic acids is 2. The summed E-state index contributed by atoms with van der Waals surface area (Å²) < 4.78 is 65.5. The molecule has 2 aliphatic rings. The van der Waals surface area contributed by atoms with Crippen molar-refractivity contribution >= 4 is 46.3 Å². The predicted molar refractivity (Wildman–Crippen MR) is 158 cm³/mol. The minimum atomic E-state index is -5.19. The van der Waals surface area contributed by atoms with Gasteiger partial charge in [-0.2, -0.15) is 26.3 Å². The van der Waals surface area contributed by atoms with Crippen LogP contribution in [0.15, 0.2) is 41.5 Å². The van der Waals surface area contributed by atoms with E-state index in [1.807, 2.05) is 36.5 Å². The van der Waals surface area contributed by atoms with Gasteiger partial charge in [0.2, 0.25) is 5.91 Å². The Morgan fingerprint density at radius 2 is 1.70 bits per heavy atom. The Labute approximate surface area is 269 Å². The molecule has 4 rings (SSSR count). The van der Waals surface area contributed by atoms with Crippen LogP contribution >= 0.6 is 11.8 Å². The van der Waals surface area contributed by atoms with Crippen LogP contribution in [0, 0.1) is 0 Å². The topological polar surface area (TPSA) is 168 Å². The van der Waals surface area contributed by atoms with E-state index in [0.717, 1.165) is 78.9 Å². The Hall–Kier alpha value is -4.22. The van der Waals surface area contributed by atoms with E-state index < -0.39 is 24.3 Å². The highest BCUT2D eigenvalue weighted by Gasteiger charge is 2.38. The molecule has 0 bridgehead atoms. The van der Waals surface area contributed by atoms with E-state index >= 15 is 0 Å². The first-order chi connectivity index (χ1) is 22.0. The zero-order valence-electron chi connectivity index (χ0n) is 25.1. The maximum absolute atomic E-state index is 13.0. The van der Waals surface area contributed by atoms with Crippen molar-refractivity contribution in [1.82, 2.24) is 15.3 Å². The van der Waals surface area contributed by atoms with E-state index in [4.69, 9.17) is 19.8 Å². The number of Topliss-reactive ketones (excluding diaryl/α,β-unsaturated/α-hetero) is 1. The number of halogens is 6. The Balaban J connectivity index is 0.000000459. The van der Waals surface area contributed by atoms with Crippen molar-refractivity contribution in [3.05, 3.63) is 42.4 Å². The van der Waals surface area contributed by atoms with Gasteiger partial charge in [0.15, 0.2) is 0 Å². The number of aromatic amines is 1. The number of benzene rings is 1. The number of imidazole rings is 1. The molecule has 0 radical (unpaired) electrons. The van der Waals surface area contributed by atoms with Crippen molar-refractivity contribution in [3.63, 3.8) is 0 Å². The van der Waals surface area contributed by atoms with Crippen LogP contribution in [0.2, 0.25) is 0 Å². The van der Waals surface area contributed by atoms with Gasteiger partial charge >= 0.3 is 23.5 Å². The maximum Gasteiger partial charge on any atom is 0.490 e. The fourth-order valence-corrected chi connectivity index (χ4v) is 5.37. The van der Waals surface area contributed by atoms with E-state index in [1.165, 1.54) is 0 Å². The second kappa shape index (κ2) is 18.2. The zero-order chi connectivity index (χ0) is 35.2. The van der Waals surface area contributed by atoms with E-state index in [9.17, 15) is 35.9 Å². The number of carboxylic acid groups (broad SMARTS) is 2. The number of aromatic nitrogens is 2. The summed E-state index contributed by atoms with van der Waals surface area (Å²) >= 11 is 1.73. The number of ketones is 1. The van der Waals surface area contributed by atoms with Crippen molar-refractivity contribution < 1.29 is 60.3 Å². The van der Waals surface area contributed by atoms with Gasteiger partial charge < -0.3 is 30.1 Å². The van der Waals surface area contributed by atoms with Crippen LogP contribution in [0.3, 0.4) is 0 Å². The van der Waals surface area contributed by atoms with E-state index in [-0.39, 0.29) is 17.7 Å². The molecule has 0 fully saturated rings. The molecule has 3 heterocycles. The lowest BCUT2D eigenvalue weighted by Crippen LogP contribution is -2.37. The lowest BCUT2D eigenvalue weighted by Gasteiger charge is -2.17. The molecule has 0 aliphatic carbocycles. The average Bonchev–Trinajstić information content (AvgIpc) is 3.64. The molecule has 1 atom stereocenters. The Kier molecular flexibility index (Phi) is 15.1. The van der Waals surface area contributed by atoms with E-state index in [1.54, 1.807) is 18.7 Å². The molecule has 2 aliphatic heterocycles. The van der Waals surface area contributed by atoms with Gasteiger partial charge in [-0.05, 0) is 37.1 Å². The third kappa shape index (κ3) is 14.0. The summed E-state index contributed by atoms with van der Waals surface area (Å²) in [6.45, 7) is 3.47. The molecular formula is C29H33F6N5O6S. The zero-order valence-corrected chi connectivity index (χ0v) is 25.9. The smallest absolute Gasteiger partial charge is 0.490 e. The minimum absolute atomic E-state index is 0.0174. The van der Waals surface area contributed by atoms with Gasteiger partial charge in [-0.25, -0.2) is 14.4 Å². The quantitative estimate of drug-likeness (QED) is 0.180. The molecule has 3 N–H and O–H groups in total. The second-order valence-electron chi connectivity index (χ2n) is 10.3. The number of amidine groups is 1. The molecule has 258 valence electrons. The summed E-state index contributed by atoms with van der Waals surface area (Å²) in [6, 6.07) is 9.88. The van der Waals surface area contributed by atoms with Crippen LogP contribution in [0.4, 0.5) is 26.3 Å². The number of rotatable bonds is 11. The van der Waals surface area contributed by atoms with Gasteiger partial charge in [0.05, 0.1) is 36.7 Å². The predicted octanol–water partition coefficient (Wildman–Crippen LogP) is 4.06. The SMILES string of the molecule is CC(=O)CCCCC[C@H](NC(=O)CC1=[N+]2CCCN=C2SC1)c1ncc(-c2ccccc2)[nH]1.O=C(O)C(F)(F)F.O=C([O-])C(F)(F)F. The van der Waals surface area contributed by atoms with E-state index in [0.29, 0.717) is 12.8 Å². The third-order valence-corrected chi connectivity index (χ3v) is 7.56. The number of fused-ring (bicyclic) bond motifs is 1. The van der Waals surface area contributed by atoms with Crippen molar-refractivity contribution in [1.29, 1.82) is 0 Å². The highest BCUT2D eigenvalue weighted by molar-refractivity contribution is 8.14. The first kappa shape index (κ1) is 39.0. The summed E-state index contributed by atoms with van der Waals surface area (Å²) in [5.74, 6) is -3.91. The molecule has 0 unspecified atom stereocenters.